The van der Waals surface area contributed by atoms with Crippen molar-refractivity contribution in [3.8, 4) is 5.75 Å². The molecule has 0 aromatic heterocycles. The van der Waals surface area contributed by atoms with Gasteiger partial charge in [-0.15, -0.1) is 0 Å². The predicted molar refractivity (Wildman–Crippen MR) is 60.0 cm³/mol. The van der Waals surface area contributed by atoms with E-state index in [0.717, 1.165) is 11.3 Å². The maximum absolute atomic E-state index is 11.4. The van der Waals surface area contributed by atoms with E-state index in [0.29, 0.717) is 6.54 Å². The summed E-state index contributed by atoms with van der Waals surface area (Å²) in [7, 11) is 0. The molecule has 1 aromatic rings. The zero-order valence-electron chi connectivity index (χ0n) is 9.41. The van der Waals surface area contributed by atoms with E-state index in [-0.39, 0.29) is 5.91 Å². The van der Waals surface area contributed by atoms with Crippen LogP contribution in [0.4, 0.5) is 0 Å². The van der Waals surface area contributed by atoms with E-state index in [4.69, 9.17) is 4.74 Å². The van der Waals surface area contributed by atoms with Crippen LogP contribution in [0.1, 0.15) is 19.4 Å². The fourth-order valence-electron chi connectivity index (χ4n) is 1.25. The van der Waals surface area contributed by atoms with Crippen molar-refractivity contribution in [3.05, 3.63) is 29.8 Å². The highest BCUT2D eigenvalue weighted by atomic mass is 16.5. The molecule has 0 aliphatic carbocycles. The van der Waals surface area contributed by atoms with Gasteiger partial charge in [-0.3, -0.25) is 4.79 Å². The molecule has 0 heterocycles. The van der Waals surface area contributed by atoms with Gasteiger partial charge in [0.05, 0.1) is 0 Å². The van der Waals surface area contributed by atoms with Gasteiger partial charge < -0.3 is 10.1 Å². The SMILES string of the molecule is CCNC(=O)[C@H](C)Oc1ccccc1C. The lowest BCUT2D eigenvalue weighted by Crippen LogP contribution is -2.36. The molecule has 0 unspecified atom stereocenters. The van der Waals surface area contributed by atoms with Crippen molar-refractivity contribution in [1.82, 2.24) is 5.32 Å². The summed E-state index contributed by atoms with van der Waals surface area (Å²) in [5.74, 6) is 0.678. The van der Waals surface area contributed by atoms with Gasteiger partial charge in [0.25, 0.3) is 5.91 Å². The molecule has 3 heteroatoms. The zero-order valence-corrected chi connectivity index (χ0v) is 9.41. The molecule has 3 nitrogen and oxygen atoms in total. The maximum Gasteiger partial charge on any atom is 0.260 e. The highest BCUT2D eigenvalue weighted by Gasteiger charge is 2.13. The largest absolute Gasteiger partial charge is 0.481 e. The minimum absolute atomic E-state index is 0.0826. The Balaban J connectivity index is 2.62. The van der Waals surface area contributed by atoms with Gasteiger partial charge in [0.15, 0.2) is 6.10 Å². The normalized spacial score (nSPS) is 11.9. The van der Waals surface area contributed by atoms with Crippen LogP contribution in [-0.4, -0.2) is 18.6 Å². The second kappa shape index (κ2) is 5.39. The minimum atomic E-state index is -0.453. The number of benzene rings is 1. The van der Waals surface area contributed by atoms with Gasteiger partial charge in [-0.1, -0.05) is 18.2 Å². The highest BCUT2D eigenvalue weighted by molar-refractivity contribution is 5.80. The van der Waals surface area contributed by atoms with Crippen molar-refractivity contribution in [2.75, 3.05) is 6.54 Å². The van der Waals surface area contributed by atoms with Crippen molar-refractivity contribution in [1.29, 1.82) is 0 Å². The Bertz CT molecular complexity index is 336. The van der Waals surface area contributed by atoms with Crippen LogP contribution in [0.3, 0.4) is 0 Å². The third-order valence-corrected chi connectivity index (χ3v) is 2.12. The highest BCUT2D eigenvalue weighted by Crippen LogP contribution is 2.17. The van der Waals surface area contributed by atoms with Crippen LogP contribution >= 0.6 is 0 Å². The number of para-hydroxylation sites is 1. The first-order valence-electron chi connectivity index (χ1n) is 5.15. The average Bonchev–Trinajstić information content (AvgIpc) is 2.21. The summed E-state index contributed by atoms with van der Waals surface area (Å²) in [6, 6.07) is 7.66. The van der Waals surface area contributed by atoms with Crippen LogP contribution in [0.25, 0.3) is 0 Å². The van der Waals surface area contributed by atoms with Gasteiger partial charge in [-0.25, -0.2) is 0 Å². The van der Waals surface area contributed by atoms with Crippen LogP contribution in [0.15, 0.2) is 24.3 Å². The second-order valence-electron chi connectivity index (χ2n) is 3.42. The Hall–Kier alpha value is -1.51. The lowest BCUT2D eigenvalue weighted by atomic mass is 10.2. The van der Waals surface area contributed by atoms with Crippen molar-refractivity contribution < 1.29 is 9.53 Å². The van der Waals surface area contributed by atoms with E-state index in [1.807, 2.05) is 38.1 Å². The first kappa shape index (κ1) is 11.6. The van der Waals surface area contributed by atoms with Crippen molar-refractivity contribution >= 4 is 5.91 Å². The number of carbonyl (C=O) groups excluding carboxylic acids is 1. The molecule has 15 heavy (non-hydrogen) atoms. The molecule has 0 spiro atoms. The Morgan fingerprint density at radius 1 is 1.47 bits per heavy atom. The molecule has 0 aliphatic heterocycles. The number of hydrogen-bond acceptors (Lipinski definition) is 2. The van der Waals surface area contributed by atoms with Gasteiger partial charge in [0.1, 0.15) is 5.75 Å². The first-order chi connectivity index (χ1) is 7.15. The molecular formula is C12H17NO2. The molecular weight excluding hydrogens is 190 g/mol. The number of hydrogen-bond donors (Lipinski definition) is 1. The lowest BCUT2D eigenvalue weighted by Gasteiger charge is -2.15. The smallest absolute Gasteiger partial charge is 0.260 e. The Kier molecular flexibility index (Phi) is 4.16. The quantitative estimate of drug-likeness (QED) is 0.819. The molecule has 82 valence electrons. The minimum Gasteiger partial charge on any atom is -0.481 e. The fourth-order valence-corrected chi connectivity index (χ4v) is 1.25. The average molecular weight is 207 g/mol. The van der Waals surface area contributed by atoms with Crippen LogP contribution in [-0.2, 0) is 4.79 Å². The second-order valence-corrected chi connectivity index (χ2v) is 3.42. The molecule has 0 saturated heterocycles. The molecule has 1 atom stereocenters. The summed E-state index contributed by atoms with van der Waals surface area (Å²) in [5.41, 5.74) is 1.04. The van der Waals surface area contributed by atoms with Crippen molar-refractivity contribution in [2.24, 2.45) is 0 Å². The number of ether oxygens (including phenoxy) is 1. The summed E-state index contributed by atoms with van der Waals surface area (Å²) in [4.78, 5) is 11.4. The summed E-state index contributed by atoms with van der Waals surface area (Å²) >= 11 is 0. The van der Waals surface area contributed by atoms with Crippen molar-refractivity contribution in [2.45, 2.75) is 26.9 Å². The standard InChI is InChI=1S/C12H17NO2/c1-4-13-12(14)10(3)15-11-8-6-5-7-9(11)2/h5-8,10H,4H2,1-3H3,(H,13,14)/t10-/m0/s1. The number of aryl methyl sites for hydroxylation is 1. The number of amides is 1. The van der Waals surface area contributed by atoms with Crippen LogP contribution in [0, 0.1) is 6.92 Å². The third kappa shape index (κ3) is 3.27. The summed E-state index contributed by atoms with van der Waals surface area (Å²) in [6.07, 6.45) is -0.453. The van der Waals surface area contributed by atoms with Gasteiger partial charge in [0, 0.05) is 6.54 Å². The Morgan fingerprint density at radius 2 is 2.13 bits per heavy atom. The monoisotopic (exact) mass is 207 g/mol. The van der Waals surface area contributed by atoms with Crippen molar-refractivity contribution in [3.63, 3.8) is 0 Å². The van der Waals surface area contributed by atoms with Gasteiger partial charge >= 0.3 is 0 Å². The van der Waals surface area contributed by atoms with E-state index in [1.165, 1.54) is 0 Å². The molecule has 0 bridgehead atoms. The third-order valence-electron chi connectivity index (χ3n) is 2.12. The van der Waals surface area contributed by atoms with Gasteiger partial charge in [-0.2, -0.15) is 0 Å². The number of carbonyl (C=O) groups is 1. The van der Waals surface area contributed by atoms with E-state index in [2.05, 4.69) is 5.32 Å². The molecule has 0 radical (unpaired) electrons. The number of rotatable bonds is 4. The van der Waals surface area contributed by atoms with E-state index < -0.39 is 6.10 Å². The van der Waals surface area contributed by atoms with E-state index >= 15 is 0 Å². The predicted octanol–water partition coefficient (Wildman–Crippen LogP) is 1.90. The maximum atomic E-state index is 11.4. The molecule has 1 rings (SSSR count). The number of likely N-dealkylation sites (N-methyl/N-ethyl adjacent to an activating group) is 1. The topological polar surface area (TPSA) is 38.3 Å². The molecule has 1 aromatic carbocycles. The fraction of sp³-hybridized carbons (Fsp3) is 0.417. The summed E-state index contributed by atoms with van der Waals surface area (Å²) in [6.45, 7) is 6.22. The summed E-state index contributed by atoms with van der Waals surface area (Å²) < 4.78 is 5.55. The van der Waals surface area contributed by atoms with E-state index in [9.17, 15) is 4.79 Å². The molecule has 0 fully saturated rings. The molecule has 0 aliphatic rings. The van der Waals surface area contributed by atoms with Crippen LogP contribution in [0.2, 0.25) is 0 Å². The first-order valence-corrected chi connectivity index (χ1v) is 5.15. The van der Waals surface area contributed by atoms with Crippen LogP contribution < -0.4 is 10.1 Å². The van der Waals surface area contributed by atoms with Crippen LogP contribution in [0.5, 0.6) is 5.75 Å². The molecule has 1 N–H and O–H groups in total. The lowest BCUT2D eigenvalue weighted by molar-refractivity contribution is -0.127. The van der Waals surface area contributed by atoms with Gasteiger partial charge in [0.2, 0.25) is 0 Å². The molecule has 0 saturated carbocycles. The zero-order chi connectivity index (χ0) is 11.3. The Morgan fingerprint density at radius 3 is 2.73 bits per heavy atom. The van der Waals surface area contributed by atoms with E-state index in [1.54, 1.807) is 6.92 Å². The Labute approximate surface area is 90.4 Å². The van der Waals surface area contributed by atoms with Gasteiger partial charge in [-0.05, 0) is 32.4 Å². The number of nitrogens with one attached hydrogen (secondary N) is 1. The molecule has 1 amide bonds. The summed E-state index contributed by atoms with van der Waals surface area (Å²) in [5, 5.41) is 2.72.